The maximum absolute atomic E-state index is 12.4. The second kappa shape index (κ2) is 14.7. The van der Waals surface area contributed by atoms with Crippen LogP contribution < -0.4 is 33.2 Å². The molecule has 3 amide bonds. The number of rotatable bonds is 14. The third kappa shape index (κ3) is 10.5. The van der Waals surface area contributed by atoms with E-state index < -0.39 is 54.5 Å². The van der Waals surface area contributed by atoms with Crippen LogP contribution >= 0.6 is 25.3 Å². The van der Waals surface area contributed by atoms with Crippen LogP contribution in [0, 0.1) is 0 Å². The third-order valence-corrected chi connectivity index (χ3v) is 4.45. The molecule has 0 aromatic carbocycles. The number of carbonyl (C=O) groups is 4. The van der Waals surface area contributed by atoms with E-state index in [2.05, 4.69) is 46.2 Å². The summed E-state index contributed by atoms with van der Waals surface area (Å²) in [5.41, 5.74) is 15.7. The van der Waals surface area contributed by atoms with Crippen molar-refractivity contribution in [1.29, 1.82) is 0 Å². The van der Waals surface area contributed by atoms with E-state index in [1.165, 1.54) is 0 Å². The summed E-state index contributed by atoms with van der Waals surface area (Å²) in [6, 6.07) is -4.76. The highest BCUT2D eigenvalue weighted by atomic mass is 32.1. The van der Waals surface area contributed by atoms with E-state index in [1.807, 2.05) is 0 Å². The van der Waals surface area contributed by atoms with Crippen molar-refractivity contribution in [2.24, 2.45) is 22.2 Å². The van der Waals surface area contributed by atoms with Gasteiger partial charge in [0, 0.05) is 18.1 Å². The van der Waals surface area contributed by atoms with Crippen molar-refractivity contribution in [2.75, 3.05) is 24.7 Å². The number of aliphatic carboxylic acids is 1. The smallest absolute Gasteiger partial charge is 0.326 e. The van der Waals surface area contributed by atoms with E-state index in [0.717, 1.165) is 0 Å². The predicted molar refractivity (Wildman–Crippen MR) is 116 cm³/mol. The lowest BCUT2D eigenvalue weighted by atomic mass is 10.1. The second-order valence-corrected chi connectivity index (χ2v) is 6.86. The topological polar surface area (TPSA) is 235 Å². The molecular formula is C15H29N7O6S2. The minimum Gasteiger partial charge on any atom is -0.480 e. The van der Waals surface area contributed by atoms with Gasteiger partial charge in [0.15, 0.2) is 5.96 Å². The summed E-state index contributed by atoms with van der Waals surface area (Å²) in [5.74, 6) is -3.95. The monoisotopic (exact) mass is 467 g/mol. The van der Waals surface area contributed by atoms with Crippen LogP contribution in [0.15, 0.2) is 4.99 Å². The summed E-state index contributed by atoms with van der Waals surface area (Å²) in [7, 11) is 0. The summed E-state index contributed by atoms with van der Waals surface area (Å²) in [4.78, 5) is 51.6. The average molecular weight is 468 g/mol. The van der Waals surface area contributed by atoms with Gasteiger partial charge in [0.2, 0.25) is 17.7 Å². The lowest BCUT2D eigenvalue weighted by molar-refractivity contribution is -0.142. The highest BCUT2D eigenvalue weighted by Gasteiger charge is 2.29. The fourth-order valence-electron chi connectivity index (χ4n) is 2.06. The summed E-state index contributed by atoms with van der Waals surface area (Å²) in [6.45, 7) is -0.428. The van der Waals surface area contributed by atoms with Crippen molar-refractivity contribution < 1.29 is 29.4 Å². The highest BCUT2D eigenvalue weighted by Crippen LogP contribution is 2.01. The van der Waals surface area contributed by atoms with Crippen LogP contribution in [0.4, 0.5) is 0 Å². The first kappa shape index (κ1) is 27.8. The molecule has 0 rings (SSSR count). The normalized spacial score (nSPS) is 14.5. The number of carboxylic acids is 1. The van der Waals surface area contributed by atoms with Crippen molar-refractivity contribution in [2.45, 2.75) is 37.0 Å². The highest BCUT2D eigenvalue weighted by molar-refractivity contribution is 7.80. The average Bonchev–Trinajstić information content (AvgIpc) is 2.70. The molecule has 0 fully saturated rings. The number of amides is 3. The summed E-state index contributed by atoms with van der Waals surface area (Å²) in [5, 5.41) is 25.1. The summed E-state index contributed by atoms with van der Waals surface area (Å²) in [6.07, 6.45) is 0.353. The minimum atomic E-state index is -1.27. The molecule has 0 bridgehead atoms. The van der Waals surface area contributed by atoms with Gasteiger partial charge in [-0.25, -0.2) is 4.79 Å². The Labute approximate surface area is 184 Å². The van der Waals surface area contributed by atoms with Crippen molar-refractivity contribution in [3.8, 4) is 0 Å². The predicted octanol–water partition coefficient (Wildman–Crippen LogP) is -4.24. The van der Waals surface area contributed by atoms with Gasteiger partial charge in [-0.2, -0.15) is 25.3 Å². The zero-order valence-electron chi connectivity index (χ0n) is 16.2. The number of thiol groups is 2. The number of hydrogen-bond donors (Lipinski definition) is 10. The Morgan fingerprint density at radius 3 is 1.77 bits per heavy atom. The van der Waals surface area contributed by atoms with Crippen LogP contribution in [0.1, 0.15) is 12.8 Å². The number of nitrogens with zero attached hydrogens (tertiary/aromatic N) is 1. The van der Waals surface area contributed by atoms with Crippen LogP contribution in [0.2, 0.25) is 0 Å². The summed E-state index contributed by atoms with van der Waals surface area (Å²) >= 11 is 7.97. The van der Waals surface area contributed by atoms with Gasteiger partial charge in [0.25, 0.3) is 0 Å². The molecule has 0 aromatic heterocycles. The molecule has 172 valence electrons. The first-order valence-electron chi connectivity index (χ1n) is 8.84. The van der Waals surface area contributed by atoms with Gasteiger partial charge < -0.3 is 43.4 Å². The quantitative estimate of drug-likeness (QED) is 0.0514. The fraction of sp³-hybridized carbons (Fsp3) is 0.667. The number of aliphatic hydroxyl groups excluding tert-OH is 1. The Morgan fingerprint density at radius 1 is 0.900 bits per heavy atom. The standard InChI is InChI=1S/C15H29N7O6S2/c16-7(4-23)11(24)21-9(5-29)13(26)22-10(6-30)12(25)20-8(14(27)28)2-1-3-19-15(17)18/h7-10,23,29-30H,1-6,16H2,(H,20,25)(H,21,24)(H,22,26)(H,27,28)(H4,17,18,19). The Hall–Kier alpha value is -2.23. The van der Waals surface area contributed by atoms with Crippen molar-refractivity contribution >= 4 is 54.9 Å². The molecule has 0 saturated carbocycles. The maximum Gasteiger partial charge on any atom is 0.326 e. The Balaban J connectivity index is 4.92. The molecule has 0 radical (unpaired) electrons. The summed E-state index contributed by atoms with van der Waals surface area (Å²) < 4.78 is 0. The number of nitrogens with two attached hydrogens (primary N) is 3. The maximum atomic E-state index is 12.4. The number of aliphatic imine (C=N–C) groups is 1. The van der Waals surface area contributed by atoms with Gasteiger partial charge in [0.05, 0.1) is 6.61 Å². The molecule has 11 N–H and O–H groups in total. The molecular weight excluding hydrogens is 438 g/mol. The first-order valence-corrected chi connectivity index (χ1v) is 10.1. The zero-order chi connectivity index (χ0) is 23.3. The van der Waals surface area contributed by atoms with Gasteiger partial charge in [-0.05, 0) is 12.8 Å². The molecule has 0 saturated heterocycles. The Morgan fingerprint density at radius 2 is 1.37 bits per heavy atom. The number of guanidine groups is 1. The van der Waals surface area contributed by atoms with E-state index in [4.69, 9.17) is 22.3 Å². The van der Waals surface area contributed by atoms with Gasteiger partial charge in [-0.15, -0.1) is 0 Å². The van der Waals surface area contributed by atoms with E-state index in [1.54, 1.807) is 0 Å². The number of nitrogens with one attached hydrogen (secondary N) is 3. The third-order valence-electron chi connectivity index (χ3n) is 3.72. The van der Waals surface area contributed by atoms with Crippen molar-refractivity contribution in [3.63, 3.8) is 0 Å². The number of carbonyl (C=O) groups excluding carboxylic acids is 3. The fourth-order valence-corrected chi connectivity index (χ4v) is 2.57. The van der Waals surface area contributed by atoms with Crippen LogP contribution in [0.25, 0.3) is 0 Å². The molecule has 0 aliphatic carbocycles. The van der Waals surface area contributed by atoms with Crippen LogP contribution in [-0.4, -0.2) is 88.7 Å². The van der Waals surface area contributed by atoms with Gasteiger partial charge in [-0.1, -0.05) is 0 Å². The number of hydrogen-bond acceptors (Lipinski definition) is 9. The Bertz CT molecular complexity index is 633. The Kier molecular flexibility index (Phi) is 13.6. The molecule has 0 aliphatic heterocycles. The van der Waals surface area contributed by atoms with Gasteiger partial charge >= 0.3 is 5.97 Å². The SMILES string of the molecule is NC(N)=NCCCC(NC(=O)C(CS)NC(=O)C(CS)NC(=O)C(N)CO)C(=O)O. The molecule has 4 unspecified atom stereocenters. The van der Waals surface area contributed by atoms with Crippen LogP contribution in [0.5, 0.6) is 0 Å². The molecule has 4 atom stereocenters. The minimum absolute atomic E-state index is 0.0550. The van der Waals surface area contributed by atoms with Crippen molar-refractivity contribution in [1.82, 2.24) is 16.0 Å². The van der Waals surface area contributed by atoms with E-state index in [-0.39, 0.29) is 30.4 Å². The largest absolute Gasteiger partial charge is 0.480 e. The van der Waals surface area contributed by atoms with Crippen molar-refractivity contribution in [3.05, 3.63) is 0 Å². The van der Waals surface area contributed by atoms with E-state index in [0.29, 0.717) is 6.42 Å². The second-order valence-electron chi connectivity index (χ2n) is 6.12. The first-order chi connectivity index (χ1) is 14.1. The van der Waals surface area contributed by atoms with E-state index >= 15 is 0 Å². The molecule has 0 aliphatic rings. The zero-order valence-corrected chi connectivity index (χ0v) is 17.9. The molecule has 30 heavy (non-hydrogen) atoms. The lowest BCUT2D eigenvalue weighted by Gasteiger charge is -2.23. The van der Waals surface area contributed by atoms with Gasteiger partial charge in [-0.3, -0.25) is 19.4 Å². The number of carboxylic acid groups (broad SMARTS) is 1. The molecule has 0 heterocycles. The molecule has 13 nitrogen and oxygen atoms in total. The van der Waals surface area contributed by atoms with E-state index in [9.17, 15) is 24.3 Å². The lowest BCUT2D eigenvalue weighted by Crippen LogP contribution is -2.58. The molecule has 15 heteroatoms. The molecule has 0 spiro atoms. The van der Waals surface area contributed by atoms with Gasteiger partial charge in [0.1, 0.15) is 24.2 Å². The van der Waals surface area contributed by atoms with Crippen LogP contribution in [0.3, 0.4) is 0 Å². The number of aliphatic hydroxyl groups is 1. The van der Waals surface area contributed by atoms with Crippen LogP contribution in [-0.2, 0) is 19.2 Å². The molecule has 0 aromatic rings.